The van der Waals surface area contributed by atoms with Crippen LogP contribution in [0.5, 0.6) is 0 Å². The summed E-state index contributed by atoms with van der Waals surface area (Å²) < 4.78 is 37.3. The SMILES string of the molecule is Nc1cc(C(F)(F)F)ccc1C1(O)CCNC1. The van der Waals surface area contributed by atoms with Crippen LogP contribution in [0.25, 0.3) is 0 Å². The smallest absolute Gasteiger partial charge is 0.398 e. The van der Waals surface area contributed by atoms with E-state index >= 15 is 0 Å². The first-order chi connectivity index (χ1) is 7.83. The average molecular weight is 246 g/mol. The van der Waals surface area contributed by atoms with Gasteiger partial charge in [0.1, 0.15) is 5.60 Å². The number of halogens is 3. The number of nitrogens with two attached hydrogens (primary N) is 1. The molecule has 2 rings (SSSR count). The summed E-state index contributed by atoms with van der Waals surface area (Å²) in [5.41, 5.74) is 3.97. The van der Waals surface area contributed by atoms with E-state index in [9.17, 15) is 18.3 Å². The zero-order chi connectivity index (χ0) is 12.7. The maximum absolute atomic E-state index is 12.4. The van der Waals surface area contributed by atoms with Crippen molar-refractivity contribution in [1.29, 1.82) is 0 Å². The Hall–Kier alpha value is -1.27. The third kappa shape index (κ3) is 2.23. The van der Waals surface area contributed by atoms with Gasteiger partial charge in [0, 0.05) is 17.8 Å². The molecule has 1 aromatic rings. The van der Waals surface area contributed by atoms with Crippen molar-refractivity contribution in [3.63, 3.8) is 0 Å². The van der Waals surface area contributed by atoms with Crippen LogP contribution in [0.2, 0.25) is 0 Å². The minimum Gasteiger partial charge on any atom is -0.398 e. The van der Waals surface area contributed by atoms with Gasteiger partial charge in [-0.25, -0.2) is 0 Å². The molecule has 0 amide bonds. The number of alkyl halides is 3. The molecule has 0 spiro atoms. The second-order valence-electron chi connectivity index (χ2n) is 4.26. The Kier molecular flexibility index (Phi) is 2.79. The van der Waals surface area contributed by atoms with Crippen LogP contribution in [0, 0.1) is 0 Å². The maximum atomic E-state index is 12.4. The predicted octanol–water partition coefficient (Wildman–Crippen LogP) is 1.47. The Morgan fingerprint density at radius 3 is 2.53 bits per heavy atom. The first-order valence-electron chi connectivity index (χ1n) is 5.23. The van der Waals surface area contributed by atoms with Crippen molar-refractivity contribution in [2.45, 2.75) is 18.2 Å². The molecule has 1 fully saturated rings. The molecule has 0 radical (unpaired) electrons. The molecule has 94 valence electrons. The van der Waals surface area contributed by atoms with Crippen LogP contribution in [0.3, 0.4) is 0 Å². The van der Waals surface area contributed by atoms with E-state index in [1.807, 2.05) is 0 Å². The van der Waals surface area contributed by atoms with Gasteiger partial charge < -0.3 is 16.2 Å². The van der Waals surface area contributed by atoms with E-state index in [0.717, 1.165) is 12.1 Å². The van der Waals surface area contributed by atoms with Crippen LogP contribution in [-0.2, 0) is 11.8 Å². The number of rotatable bonds is 1. The van der Waals surface area contributed by atoms with Gasteiger partial charge in [0.25, 0.3) is 0 Å². The molecule has 0 bridgehead atoms. The van der Waals surface area contributed by atoms with Crippen LogP contribution in [0.15, 0.2) is 18.2 Å². The molecule has 6 heteroatoms. The highest BCUT2D eigenvalue weighted by atomic mass is 19.4. The average Bonchev–Trinajstić information content (AvgIpc) is 2.64. The molecule has 0 aromatic heterocycles. The first kappa shape index (κ1) is 12.2. The van der Waals surface area contributed by atoms with Crippen LogP contribution < -0.4 is 11.1 Å². The molecule has 4 N–H and O–H groups in total. The zero-order valence-corrected chi connectivity index (χ0v) is 9.01. The molecule has 1 unspecified atom stereocenters. The van der Waals surface area contributed by atoms with Gasteiger partial charge in [-0.1, -0.05) is 6.07 Å². The van der Waals surface area contributed by atoms with Crippen molar-refractivity contribution in [2.75, 3.05) is 18.8 Å². The van der Waals surface area contributed by atoms with E-state index in [1.54, 1.807) is 0 Å². The highest BCUT2D eigenvalue weighted by molar-refractivity contribution is 5.53. The second kappa shape index (κ2) is 3.89. The lowest BCUT2D eigenvalue weighted by Crippen LogP contribution is -2.29. The van der Waals surface area contributed by atoms with Gasteiger partial charge in [0.15, 0.2) is 0 Å². The number of hydrogen-bond acceptors (Lipinski definition) is 3. The third-order valence-electron chi connectivity index (χ3n) is 3.01. The number of hydrogen-bond donors (Lipinski definition) is 3. The molecule has 1 heterocycles. The normalized spacial score (nSPS) is 25.2. The summed E-state index contributed by atoms with van der Waals surface area (Å²) in [6.07, 6.45) is -3.97. The zero-order valence-electron chi connectivity index (χ0n) is 9.01. The molecule has 1 saturated heterocycles. The van der Waals surface area contributed by atoms with Crippen molar-refractivity contribution >= 4 is 5.69 Å². The largest absolute Gasteiger partial charge is 0.416 e. The number of nitrogens with one attached hydrogen (secondary N) is 1. The van der Waals surface area contributed by atoms with Crippen molar-refractivity contribution in [3.05, 3.63) is 29.3 Å². The Morgan fingerprint density at radius 1 is 1.35 bits per heavy atom. The van der Waals surface area contributed by atoms with Gasteiger partial charge in [0.2, 0.25) is 0 Å². The number of aliphatic hydroxyl groups is 1. The van der Waals surface area contributed by atoms with Crippen molar-refractivity contribution in [1.82, 2.24) is 5.32 Å². The Morgan fingerprint density at radius 2 is 2.06 bits per heavy atom. The number of benzene rings is 1. The molecular weight excluding hydrogens is 233 g/mol. The van der Waals surface area contributed by atoms with Gasteiger partial charge in [0.05, 0.1) is 5.56 Å². The second-order valence-corrected chi connectivity index (χ2v) is 4.26. The van der Waals surface area contributed by atoms with Gasteiger partial charge in [-0.3, -0.25) is 0 Å². The van der Waals surface area contributed by atoms with Crippen LogP contribution in [0.1, 0.15) is 17.5 Å². The number of β-amino-alcohol motifs (C(OH)–C–C–N with tert-alkyl or cyclic N) is 1. The summed E-state index contributed by atoms with van der Waals surface area (Å²) in [4.78, 5) is 0. The fourth-order valence-electron chi connectivity index (χ4n) is 2.07. The summed E-state index contributed by atoms with van der Waals surface area (Å²) in [5, 5.41) is 13.2. The fraction of sp³-hybridized carbons (Fsp3) is 0.455. The number of nitrogen functional groups attached to an aromatic ring is 1. The summed E-state index contributed by atoms with van der Waals surface area (Å²) in [7, 11) is 0. The lowest BCUT2D eigenvalue weighted by Gasteiger charge is -2.24. The highest BCUT2D eigenvalue weighted by Gasteiger charge is 2.36. The third-order valence-corrected chi connectivity index (χ3v) is 3.01. The van der Waals surface area contributed by atoms with E-state index in [4.69, 9.17) is 5.73 Å². The number of anilines is 1. The standard InChI is InChI=1S/C11H13F3N2O/c12-11(13,14)7-1-2-8(9(15)5-7)10(17)3-4-16-6-10/h1-2,5,16-17H,3-4,6,15H2. The van der Waals surface area contributed by atoms with Gasteiger partial charge in [-0.15, -0.1) is 0 Å². The minimum atomic E-state index is -4.41. The molecule has 0 aliphatic carbocycles. The quantitative estimate of drug-likeness (QED) is 0.658. The van der Waals surface area contributed by atoms with Gasteiger partial charge >= 0.3 is 6.18 Å². The van der Waals surface area contributed by atoms with Crippen LogP contribution in [0.4, 0.5) is 18.9 Å². The molecule has 1 aromatic carbocycles. The van der Waals surface area contributed by atoms with E-state index in [1.165, 1.54) is 6.07 Å². The van der Waals surface area contributed by atoms with Crippen molar-refractivity contribution < 1.29 is 18.3 Å². The maximum Gasteiger partial charge on any atom is 0.416 e. The molecule has 0 saturated carbocycles. The van der Waals surface area contributed by atoms with Crippen molar-refractivity contribution in [3.8, 4) is 0 Å². The topological polar surface area (TPSA) is 58.3 Å². The van der Waals surface area contributed by atoms with Gasteiger partial charge in [-0.05, 0) is 25.1 Å². The Balaban J connectivity index is 2.38. The fourth-order valence-corrected chi connectivity index (χ4v) is 2.07. The van der Waals surface area contributed by atoms with E-state index in [-0.39, 0.29) is 5.69 Å². The lowest BCUT2D eigenvalue weighted by molar-refractivity contribution is -0.137. The van der Waals surface area contributed by atoms with Gasteiger partial charge in [-0.2, -0.15) is 13.2 Å². The predicted molar refractivity (Wildman–Crippen MR) is 57.2 cm³/mol. The van der Waals surface area contributed by atoms with Crippen molar-refractivity contribution in [2.24, 2.45) is 0 Å². The minimum absolute atomic E-state index is 0.0222. The molecular formula is C11H13F3N2O. The molecule has 1 aliphatic heterocycles. The Labute approximate surface area is 96.4 Å². The van der Waals surface area contributed by atoms with E-state index < -0.39 is 17.3 Å². The summed E-state index contributed by atoms with van der Waals surface area (Å²) in [6, 6.07) is 3.07. The summed E-state index contributed by atoms with van der Waals surface area (Å²) in [6.45, 7) is 0.930. The molecule has 17 heavy (non-hydrogen) atoms. The van der Waals surface area contributed by atoms with Crippen LogP contribution in [-0.4, -0.2) is 18.2 Å². The van der Waals surface area contributed by atoms with E-state index in [0.29, 0.717) is 25.1 Å². The molecule has 1 aliphatic rings. The molecule has 1 atom stereocenters. The van der Waals surface area contributed by atoms with Crippen LogP contribution >= 0.6 is 0 Å². The first-order valence-corrected chi connectivity index (χ1v) is 5.23. The molecule has 3 nitrogen and oxygen atoms in total. The highest BCUT2D eigenvalue weighted by Crippen LogP contribution is 2.36. The Bertz CT molecular complexity index is 425. The van der Waals surface area contributed by atoms with E-state index in [2.05, 4.69) is 5.32 Å². The summed E-state index contributed by atoms with van der Waals surface area (Å²) in [5.74, 6) is 0. The monoisotopic (exact) mass is 246 g/mol. The summed E-state index contributed by atoms with van der Waals surface area (Å²) >= 11 is 0. The lowest BCUT2D eigenvalue weighted by atomic mass is 9.90.